The number of aliphatic carboxylic acids is 1. The summed E-state index contributed by atoms with van der Waals surface area (Å²) in [5.74, 6) is -4.55. The first kappa shape index (κ1) is 9.83. The molecule has 0 radical (unpaired) electrons. The zero-order chi connectivity index (χ0) is 10.4. The molecule has 1 N–H and O–H groups in total. The van der Waals surface area contributed by atoms with Gasteiger partial charge in [-0.05, 0) is 19.3 Å². The van der Waals surface area contributed by atoms with Gasteiger partial charge in [-0.2, -0.15) is 0 Å². The SMILES string of the molecule is O=C(O)C1(CC2CC2(F)F)CCCO1. The maximum atomic E-state index is 12.6. The second-order valence-electron chi connectivity index (χ2n) is 4.12. The lowest BCUT2D eigenvalue weighted by Gasteiger charge is -2.22. The standard InChI is InChI=1S/C9H12F2O3/c10-9(11)5-6(9)4-8(7(12)13)2-1-3-14-8/h6H,1-5H2,(H,12,13). The molecule has 2 rings (SSSR count). The predicted octanol–water partition coefficient (Wildman–Crippen LogP) is 1.67. The summed E-state index contributed by atoms with van der Waals surface area (Å²) in [6, 6.07) is 0. The van der Waals surface area contributed by atoms with Gasteiger partial charge >= 0.3 is 5.97 Å². The Labute approximate surface area is 80.0 Å². The van der Waals surface area contributed by atoms with E-state index in [0.29, 0.717) is 19.4 Å². The first-order chi connectivity index (χ1) is 6.46. The maximum Gasteiger partial charge on any atom is 0.335 e. The monoisotopic (exact) mass is 206 g/mol. The van der Waals surface area contributed by atoms with E-state index in [1.165, 1.54) is 0 Å². The number of hydrogen-bond donors (Lipinski definition) is 1. The van der Waals surface area contributed by atoms with Crippen LogP contribution in [-0.2, 0) is 9.53 Å². The van der Waals surface area contributed by atoms with Gasteiger partial charge in [-0.1, -0.05) is 0 Å². The van der Waals surface area contributed by atoms with Crippen molar-refractivity contribution < 1.29 is 23.4 Å². The molecule has 2 unspecified atom stereocenters. The minimum atomic E-state index is -2.66. The van der Waals surface area contributed by atoms with Crippen molar-refractivity contribution in [1.29, 1.82) is 0 Å². The van der Waals surface area contributed by atoms with Crippen LogP contribution in [0.1, 0.15) is 25.7 Å². The van der Waals surface area contributed by atoms with E-state index >= 15 is 0 Å². The van der Waals surface area contributed by atoms with Gasteiger partial charge in [0, 0.05) is 18.9 Å². The van der Waals surface area contributed by atoms with Crippen molar-refractivity contribution in [2.75, 3.05) is 6.61 Å². The summed E-state index contributed by atoms with van der Waals surface area (Å²) < 4.78 is 30.4. The van der Waals surface area contributed by atoms with Crippen molar-refractivity contribution in [3.05, 3.63) is 0 Å². The highest BCUT2D eigenvalue weighted by molar-refractivity contribution is 5.77. The van der Waals surface area contributed by atoms with E-state index in [9.17, 15) is 13.6 Å². The average molecular weight is 206 g/mol. The third-order valence-corrected chi connectivity index (χ3v) is 3.02. The quantitative estimate of drug-likeness (QED) is 0.763. The second kappa shape index (κ2) is 2.89. The fourth-order valence-electron chi connectivity index (χ4n) is 2.00. The van der Waals surface area contributed by atoms with Gasteiger partial charge in [-0.3, -0.25) is 0 Å². The molecule has 0 aromatic rings. The highest BCUT2D eigenvalue weighted by Gasteiger charge is 2.61. The normalized spacial score (nSPS) is 39.7. The molecule has 2 aliphatic rings. The minimum Gasteiger partial charge on any atom is -0.479 e. The predicted molar refractivity (Wildman–Crippen MR) is 43.2 cm³/mol. The Morgan fingerprint density at radius 3 is 2.57 bits per heavy atom. The number of carboxylic acids is 1. The third kappa shape index (κ3) is 1.49. The molecule has 80 valence electrons. The van der Waals surface area contributed by atoms with Crippen LogP contribution in [0.5, 0.6) is 0 Å². The van der Waals surface area contributed by atoms with Crippen LogP contribution in [0.3, 0.4) is 0 Å². The van der Waals surface area contributed by atoms with E-state index in [1.54, 1.807) is 0 Å². The van der Waals surface area contributed by atoms with Crippen LogP contribution in [0.4, 0.5) is 8.78 Å². The number of ether oxygens (including phenoxy) is 1. The lowest BCUT2D eigenvalue weighted by Crippen LogP contribution is -2.38. The molecule has 1 aliphatic carbocycles. The topological polar surface area (TPSA) is 46.5 Å². The Hall–Kier alpha value is -0.710. The van der Waals surface area contributed by atoms with Gasteiger partial charge in [0.1, 0.15) is 0 Å². The molecule has 0 aromatic heterocycles. The average Bonchev–Trinajstić information content (AvgIpc) is 2.51. The number of halogens is 2. The van der Waals surface area contributed by atoms with Gasteiger partial charge < -0.3 is 9.84 Å². The van der Waals surface area contributed by atoms with Crippen molar-refractivity contribution in [3.63, 3.8) is 0 Å². The Morgan fingerprint density at radius 1 is 1.57 bits per heavy atom. The highest BCUT2D eigenvalue weighted by Crippen LogP contribution is 2.54. The summed E-state index contributed by atoms with van der Waals surface area (Å²) in [5.41, 5.74) is -1.33. The molecule has 0 aromatic carbocycles. The van der Waals surface area contributed by atoms with E-state index < -0.39 is 23.4 Å². The highest BCUT2D eigenvalue weighted by atomic mass is 19.3. The molecule has 14 heavy (non-hydrogen) atoms. The van der Waals surface area contributed by atoms with Gasteiger partial charge in [0.2, 0.25) is 0 Å². The smallest absolute Gasteiger partial charge is 0.335 e. The summed E-state index contributed by atoms with van der Waals surface area (Å²) in [5, 5.41) is 8.94. The molecule has 3 nitrogen and oxygen atoms in total. The van der Waals surface area contributed by atoms with Crippen LogP contribution in [0.2, 0.25) is 0 Å². The third-order valence-electron chi connectivity index (χ3n) is 3.02. The Balaban J connectivity index is 2.02. The van der Waals surface area contributed by atoms with Crippen LogP contribution >= 0.6 is 0 Å². The Bertz CT molecular complexity index is 259. The summed E-state index contributed by atoms with van der Waals surface area (Å²) in [6.07, 6.45) is 0.764. The van der Waals surface area contributed by atoms with Gasteiger partial charge in [0.15, 0.2) is 5.60 Å². The van der Waals surface area contributed by atoms with Crippen molar-refractivity contribution in [2.24, 2.45) is 5.92 Å². The van der Waals surface area contributed by atoms with Gasteiger partial charge in [0.05, 0.1) is 0 Å². The fourth-order valence-corrected chi connectivity index (χ4v) is 2.00. The molecule has 1 saturated heterocycles. The van der Waals surface area contributed by atoms with Crippen LogP contribution in [0.25, 0.3) is 0 Å². The van der Waals surface area contributed by atoms with E-state index in [2.05, 4.69) is 0 Å². The van der Waals surface area contributed by atoms with Crippen molar-refractivity contribution in [3.8, 4) is 0 Å². The molecule has 0 amide bonds. The minimum absolute atomic E-state index is 0.0463. The first-order valence-corrected chi connectivity index (χ1v) is 4.71. The van der Waals surface area contributed by atoms with Crippen molar-refractivity contribution >= 4 is 5.97 Å². The molecule has 1 saturated carbocycles. The van der Waals surface area contributed by atoms with Crippen LogP contribution in [-0.4, -0.2) is 29.2 Å². The van der Waals surface area contributed by atoms with Crippen LogP contribution in [0.15, 0.2) is 0 Å². The van der Waals surface area contributed by atoms with E-state index in [-0.39, 0.29) is 12.8 Å². The number of alkyl halides is 2. The molecular weight excluding hydrogens is 194 g/mol. The summed E-state index contributed by atoms with van der Waals surface area (Å²) in [6.45, 7) is 0.366. The number of carbonyl (C=O) groups is 1. The maximum absolute atomic E-state index is 12.6. The number of carboxylic acid groups (broad SMARTS) is 1. The molecular formula is C9H12F2O3. The molecule has 2 atom stereocenters. The second-order valence-corrected chi connectivity index (χ2v) is 4.12. The Morgan fingerprint density at radius 2 is 2.21 bits per heavy atom. The molecule has 5 heteroatoms. The molecule has 1 heterocycles. The van der Waals surface area contributed by atoms with Gasteiger partial charge in [-0.15, -0.1) is 0 Å². The van der Waals surface area contributed by atoms with Crippen molar-refractivity contribution in [2.45, 2.75) is 37.2 Å². The summed E-state index contributed by atoms with van der Waals surface area (Å²) in [4.78, 5) is 10.9. The number of hydrogen-bond acceptors (Lipinski definition) is 2. The lowest BCUT2D eigenvalue weighted by atomic mass is 9.93. The summed E-state index contributed by atoms with van der Waals surface area (Å²) >= 11 is 0. The fraction of sp³-hybridized carbons (Fsp3) is 0.889. The largest absolute Gasteiger partial charge is 0.479 e. The van der Waals surface area contributed by atoms with Crippen molar-refractivity contribution in [1.82, 2.24) is 0 Å². The van der Waals surface area contributed by atoms with Crippen LogP contribution in [0, 0.1) is 5.92 Å². The zero-order valence-corrected chi connectivity index (χ0v) is 7.63. The van der Waals surface area contributed by atoms with E-state index in [1.807, 2.05) is 0 Å². The summed E-state index contributed by atoms with van der Waals surface area (Å²) in [7, 11) is 0. The first-order valence-electron chi connectivity index (χ1n) is 4.71. The number of rotatable bonds is 3. The molecule has 1 aliphatic heterocycles. The van der Waals surface area contributed by atoms with E-state index in [4.69, 9.17) is 9.84 Å². The molecule has 0 bridgehead atoms. The zero-order valence-electron chi connectivity index (χ0n) is 7.63. The molecule has 2 fully saturated rings. The van der Waals surface area contributed by atoms with Gasteiger partial charge in [0.25, 0.3) is 5.92 Å². The van der Waals surface area contributed by atoms with Gasteiger partial charge in [-0.25, -0.2) is 13.6 Å². The lowest BCUT2D eigenvalue weighted by molar-refractivity contribution is -0.161. The van der Waals surface area contributed by atoms with E-state index in [0.717, 1.165) is 0 Å². The molecule has 0 spiro atoms. The Kier molecular flexibility index (Phi) is 2.03. The van der Waals surface area contributed by atoms with Crippen LogP contribution < -0.4 is 0 Å².